The van der Waals surface area contributed by atoms with E-state index in [4.69, 9.17) is 27.9 Å². The molecule has 0 atom stereocenters. The molecule has 1 aromatic carbocycles. The van der Waals surface area contributed by atoms with Crippen LogP contribution in [0.1, 0.15) is 23.2 Å². The molecule has 0 radical (unpaired) electrons. The van der Waals surface area contributed by atoms with E-state index in [0.717, 1.165) is 0 Å². The van der Waals surface area contributed by atoms with E-state index in [1.807, 2.05) is 0 Å². The van der Waals surface area contributed by atoms with Gasteiger partial charge in [-0.05, 0) is 31.0 Å². The molecule has 1 heterocycles. The third kappa shape index (κ3) is 3.32. The first-order valence-electron chi connectivity index (χ1n) is 6.01. The molecule has 1 aromatic rings. The lowest BCUT2D eigenvalue weighted by Gasteiger charge is -2.36. The molecule has 0 aromatic heterocycles. The van der Waals surface area contributed by atoms with Crippen molar-refractivity contribution in [2.75, 3.05) is 19.1 Å². The number of amides is 1. The summed E-state index contributed by atoms with van der Waals surface area (Å²) in [6, 6.07) is 4.36. The predicted molar refractivity (Wildman–Crippen MR) is 74.1 cm³/mol. The maximum absolute atomic E-state index is 12.2. The van der Waals surface area contributed by atoms with E-state index in [1.165, 1.54) is 18.2 Å². The van der Waals surface area contributed by atoms with Crippen molar-refractivity contribution in [1.29, 1.82) is 0 Å². The van der Waals surface area contributed by atoms with Crippen LogP contribution in [0, 0.1) is 0 Å². The molecule has 1 aliphatic rings. The summed E-state index contributed by atoms with van der Waals surface area (Å²) in [7, 11) is 0. The van der Waals surface area contributed by atoms with Gasteiger partial charge in [-0.2, -0.15) is 0 Å². The van der Waals surface area contributed by atoms with Gasteiger partial charge in [-0.15, -0.1) is 11.6 Å². The summed E-state index contributed by atoms with van der Waals surface area (Å²) >= 11 is 11.8. The van der Waals surface area contributed by atoms with Gasteiger partial charge < -0.3 is 15.2 Å². The summed E-state index contributed by atoms with van der Waals surface area (Å²) in [5.41, 5.74) is -0.325. The van der Waals surface area contributed by atoms with Crippen LogP contribution in [0.2, 0.25) is 5.02 Å². The van der Waals surface area contributed by atoms with Crippen LogP contribution in [-0.2, 0) is 4.74 Å². The summed E-state index contributed by atoms with van der Waals surface area (Å²) in [6.07, 6.45) is 1.31. The molecule has 0 aliphatic carbocycles. The van der Waals surface area contributed by atoms with Crippen LogP contribution in [0.4, 0.5) is 0 Å². The number of hydrogen-bond donors (Lipinski definition) is 2. The molecule has 19 heavy (non-hydrogen) atoms. The number of halogens is 2. The molecule has 4 nitrogen and oxygen atoms in total. The fourth-order valence-electron chi connectivity index (χ4n) is 2.05. The Bertz CT molecular complexity index is 473. The first-order chi connectivity index (χ1) is 9.06. The van der Waals surface area contributed by atoms with E-state index in [9.17, 15) is 9.90 Å². The summed E-state index contributed by atoms with van der Waals surface area (Å²) in [5, 5.41) is 13.0. The Hall–Kier alpha value is -0.970. The zero-order chi connectivity index (χ0) is 13.9. The highest BCUT2D eigenvalue weighted by Crippen LogP contribution is 2.26. The van der Waals surface area contributed by atoms with Crippen molar-refractivity contribution < 1.29 is 14.6 Å². The van der Waals surface area contributed by atoms with Crippen molar-refractivity contribution in [1.82, 2.24) is 5.32 Å². The Morgan fingerprint density at radius 1 is 1.42 bits per heavy atom. The minimum absolute atomic E-state index is 0.0984. The Labute approximate surface area is 121 Å². The molecule has 2 rings (SSSR count). The number of phenolic OH excluding ortho intramolecular Hbond substituents is 1. The monoisotopic (exact) mass is 303 g/mol. The molecule has 0 unspecified atom stereocenters. The topological polar surface area (TPSA) is 58.6 Å². The first-order valence-corrected chi connectivity index (χ1v) is 6.92. The lowest BCUT2D eigenvalue weighted by Crippen LogP contribution is -2.53. The highest BCUT2D eigenvalue weighted by molar-refractivity contribution is 6.31. The van der Waals surface area contributed by atoms with Crippen LogP contribution in [0.25, 0.3) is 0 Å². The average Bonchev–Trinajstić information content (AvgIpc) is 2.42. The lowest BCUT2D eigenvalue weighted by molar-refractivity contribution is 0.0433. The van der Waals surface area contributed by atoms with E-state index >= 15 is 0 Å². The minimum Gasteiger partial charge on any atom is -0.507 e. The van der Waals surface area contributed by atoms with E-state index in [0.29, 0.717) is 37.0 Å². The van der Waals surface area contributed by atoms with Gasteiger partial charge in [0.15, 0.2) is 0 Å². The number of alkyl halides is 1. The van der Waals surface area contributed by atoms with Gasteiger partial charge >= 0.3 is 0 Å². The average molecular weight is 304 g/mol. The maximum Gasteiger partial charge on any atom is 0.255 e. The van der Waals surface area contributed by atoms with Crippen molar-refractivity contribution in [3.8, 4) is 5.75 Å². The first kappa shape index (κ1) is 14.4. The number of rotatable bonds is 3. The smallest absolute Gasteiger partial charge is 0.255 e. The van der Waals surface area contributed by atoms with Crippen molar-refractivity contribution in [2.45, 2.75) is 18.4 Å². The lowest BCUT2D eigenvalue weighted by atomic mass is 9.91. The van der Waals surface area contributed by atoms with Gasteiger partial charge in [0.2, 0.25) is 0 Å². The van der Waals surface area contributed by atoms with Crippen molar-refractivity contribution in [3.63, 3.8) is 0 Å². The second-order valence-corrected chi connectivity index (χ2v) is 5.35. The summed E-state index contributed by atoms with van der Waals surface area (Å²) in [4.78, 5) is 12.2. The van der Waals surface area contributed by atoms with Gasteiger partial charge in [0.05, 0.1) is 11.1 Å². The van der Waals surface area contributed by atoms with Crippen LogP contribution >= 0.6 is 23.2 Å². The number of aromatic hydroxyl groups is 1. The number of hydrogen-bond acceptors (Lipinski definition) is 3. The highest BCUT2D eigenvalue weighted by atomic mass is 35.5. The van der Waals surface area contributed by atoms with Crippen molar-refractivity contribution in [3.05, 3.63) is 28.8 Å². The zero-order valence-corrected chi connectivity index (χ0v) is 11.8. The molecule has 1 fully saturated rings. The third-order valence-corrected chi connectivity index (χ3v) is 4.03. The molecule has 1 aliphatic heterocycles. The van der Waals surface area contributed by atoms with E-state index < -0.39 is 5.54 Å². The van der Waals surface area contributed by atoms with Gasteiger partial charge in [0, 0.05) is 24.1 Å². The SMILES string of the molecule is O=C(NC1(CCl)CCOCC1)c1cc(Cl)ccc1O. The van der Waals surface area contributed by atoms with Gasteiger partial charge in [-0.3, -0.25) is 4.79 Å². The number of nitrogens with one attached hydrogen (secondary N) is 1. The molecule has 6 heteroatoms. The van der Waals surface area contributed by atoms with Crippen molar-refractivity contribution >= 4 is 29.1 Å². The fourth-order valence-corrected chi connectivity index (χ4v) is 2.56. The van der Waals surface area contributed by atoms with Gasteiger partial charge in [0.1, 0.15) is 5.75 Å². The molecule has 1 saturated heterocycles. The fraction of sp³-hybridized carbons (Fsp3) is 0.462. The largest absolute Gasteiger partial charge is 0.507 e. The predicted octanol–water partition coefficient (Wildman–Crippen LogP) is 2.56. The van der Waals surface area contributed by atoms with Gasteiger partial charge in [-0.1, -0.05) is 11.6 Å². The molecular weight excluding hydrogens is 289 g/mol. The molecule has 0 saturated carbocycles. The Morgan fingerprint density at radius 3 is 2.74 bits per heavy atom. The molecule has 0 bridgehead atoms. The second kappa shape index (κ2) is 5.99. The normalized spacial score (nSPS) is 18.0. The summed E-state index contributed by atoms with van der Waals surface area (Å²) in [5.74, 6) is -0.162. The van der Waals surface area contributed by atoms with E-state index in [-0.39, 0.29) is 17.2 Å². The van der Waals surface area contributed by atoms with Gasteiger partial charge in [-0.25, -0.2) is 0 Å². The van der Waals surface area contributed by atoms with Crippen molar-refractivity contribution in [2.24, 2.45) is 0 Å². The number of ether oxygens (including phenoxy) is 1. The molecule has 104 valence electrons. The Morgan fingerprint density at radius 2 is 2.11 bits per heavy atom. The zero-order valence-electron chi connectivity index (χ0n) is 10.3. The van der Waals surface area contributed by atoms with E-state index in [2.05, 4.69) is 5.32 Å². The van der Waals surface area contributed by atoms with Crippen LogP contribution in [-0.4, -0.2) is 35.6 Å². The highest BCUT2D eigenvalue weighted by Gasteiger charge is 2.34. The van der Waals surface area contributed by atoms with Gasteiger partial charge in [0.25, 0.3) is 5.91 Å². The Kier molecular flexibility index (Phi) is 4.55. The molecular formula is C13H15Cl2NO3. The third-order valence-electron chi connectivity index (χ3n) is 3.29. The number of carbonyl (C=O) groups excluding carboxylic acids is 1. The van der Waals surface area contributed by atoms with Crippen LogP contribution in [0.5, 0.6) is 5.75 Å². The van der Waals surface area contributed by atoms with E-state index in [1.54, 1.807) is 0 Å². The standard InChI is InChI=1S/C13H15Cl2NO3/c14-8-13(3-5-19-6-4-13)16-12(18)10-7-9(15)1-2-11(10)17/h1-2,7,17H,3-6,8H2,(H,16,18). The molecule has 1 amide bonds. The Balaban J connectivity index is 2.17. The summed E-state index contributed by atoms with van der Waals surface area (Å²) < 4.78 is 5.28. The van der Waals surface area contributed by atoms with Crippen LogP contribution in [0.3, 0.4) is 0 Å². The number of benzene rings is 1. The second-order valence-electron chi connectivity index (χ2n) is 4.64. The number of carbonyl (C=O) groups is 1. The minimum atomic E-state index is -0.481. The summed E-state index contributed by atoms with van der Waals surface area (Å²) in [6.45, 7) is 1.13. The molecule has 0 spiro atoms. The maximum atomic E-state index is 12.2. The quantitative estimate of drug-likeness (QED) is 0.844. The van der Waals surface area contributed by atoms with Crippen LogP contribution < -0.4 is 5.32 Å². The molecule has 2 N–H and O–H groups in total. The van der Waals surface area contributed by atoms with Crippen LogP contribution in [0.15, 0.2) is 18.2 Å². The number of phenols is 1.